The highest BCUT2D eigenvalue weighted by atomic mass is 35.5. The highest BCUT2D eigenvalue weighted by molar-refractivity contribution is 6.38. The SMILES string of the molecule is N=Cc1c(O)n(-c2c(Cl)cccc2Cl)c2ccc([N+](=O)[O-])cc12. The number of fused-ring (bicyclic) bond motifs is 1. The van der Waals surface area contributed by atoms with Crippen molar-refractivity contribution in [3.8, 4) is 11.6 Å². The summed E-state index contributed by atoms with van der Waals surface area (Å²) in [6, 6.07) is 9.00. The summed E-state index contributed by atoms with van der Waals surface area (Å²) in [6.45, 7) is 0. The molecule has 0 radical (unpaired) electrons. The monoisotopic (exact) mass is 349 g/mol. The Morgan fingerprint density at radius 1 is 1.22 bits per heavy atom. The van der Waals surface area contributed by atoms with Gasteiger partial charge < -0.3 is 10.5 Å². The molecule has 1 aromatic heterocycles. The Bertz CT molecular complexity index is 946. The van der Waals surface area contributed by atoms with Crippen LogP contribution in [-0.2, 0) is 0 Å². The number of aromatic nitrogens is 1. The molecule has 0 bridgehead atoms. The number of halogens is 2. The Labute approximate surface area is 140 Å². The summed E-state index contributed by atoms with van der Waals surface area (Å²) in [5.41, 5.74) is 0.824. The number of rotatable bonds is 3. The van der Waals surface area contributed by atoms with Crippen LogP contribution < -0.4 is 0 Å². The molecule has 0 atom stereocenters. The Morgan fingerprint density at radius 3 is 2.43 bits per heavy atom. The van der Waals surface area contributed by atoms with Gasteiger partial charge in [-0.1, -0.05) is 29.3 Å². The van der Waals surface area contributed by atoms with Gasteiger partial charge in [-0.05, 0) is 18.2 Å². The van der Waals surface area contributed by atoms with Crippen molar-refractivity contribution in [3.05, 3.63) is 62.1 Å². The van der Waals surface area contributed by atoms with Crippen molar-refractivity contribution >= 4 is 46.0 Å². The van der Waals surface area contributed by atoms with Crippen molar-refractivity contribution in [2.75, 3.05) is 0 Å². The topological polar surface area (TPSA) is 92.2 Å². The van der Waals surface area contributed by atoms with Gasteiger partial charge in [0.25, 0.3) is 5.69 Å². The van der Waals surface area contributed by atoms with E-state index in [1.54, 1.807) is 18.2 Å². The summed E-state index contributed by atoms with van der Waals surface area (Å²) >= 11 is 12.4. The van der Waals surface area contributed by atoms with Gasteiger partial charge in [-0.3, -0.25) is 14.7 Å². The maximum absolute atomic E-state index is 11.0. The summed E-state index contributed by atoms with van der Waals surface area (Å²) < 4.78 is 1.38. The number of hydrogen-bond acceptors (Lipinski definition) is 4. The van der Waals surface area contributed by atoms with Crippen molar-refractivity contribution in [2.24, 2.45) is 0 Å². The zero-order valence-corrected chi connectivity index (χ0v) is 13.0. The van der Waals surface area contributed by atoms with E-state index in [2.05, 4.69) is 0 Å². The number of benzene rings is 2. The van der Waals surface area contributed by atoms with Crippen LogP contribution in [0.1, 0.15) is 5.56 Å². The highest BCUT2D eigenvalue weighted by Crippen LogP contribution is 2.39. The van der Waals surface area contributed by atoms with Gasteiger partial charge in [0.1, 0.15) is 0 Å². The van der Waals surface area contributed by atoms with Gasteiger partial charge in [0.15, 0.2) is 0 Å². The summed E-state index contributed by atoms with van der Waals surface area (Å²) in [4.78, 5) is 10.4. The Hall–Kier alpha value is -2.57. The molecule has 6 nitrogen and oxygen atoms in total. The number of para-hydroxylation sites is 1. The lowest BCUT2D eigenvalue weighted by atomic mass is 10.1. The predicted octanol–water partition coefficient (Wildman–Crippen LogP) is 4.55. The number of nitrogens with one attached hydrogen (secondary N) is 1. The van der Waals surface area contributed by atoms with Gasteiger partial charge in [-0.25, -0.2) is 0 Å². The van der Waals surface area contributed by atoms with E-state index < -0.39 is 4.92 Å². The zero-order chi connectivity index (χ0) is 16.7. The van der Waals surface area contributed by atoms with Crippen LogP contribution >= 0.6 is 23.2 Å². The third-order valence-corrected chi connectivity index (χ3v) is 4.09. The van der Waals surface area contributed by atoms with Crippen LogP contribution in [0, 0.1) is 15.5 Å². The minimum absolute atomic E-state index is 0.136. The highest BCUT2D eigenvalue weighted by Gasteiger charge is 2.21. The van der Waals surface area contributed by atoms with Gasteiger partial charge in [0.2, 0.25) is 5.88 Å². The second-order valence-corrected chi connectivity index (χ2v) is 5.56. The van der Waals surface area contributed by atoms with Crippen LogP contribution in [-0.4, -0.2) is 20.8 Å². The Kier molecular flexibility index (Phi) is 3.71. The molecule has 0 aliphatic heterocycles. The lowest BCUT2D eigenvalue weighted by Crippen LogP contribution is -1.96. The number of hydrogen-bond donors (Lipinski definition) is 2. The van der Waals surface area contributed by atoms with E-state index in [0.717, 1.165) is 6.21 Å². The lowest BCUT2D eigenvalue weighted by Gasteiger charge is -2.11. The van der Waals surface area contributed by atoms with E-state index in [1.165, 1.54) is 22.8 Å². The van der Waals surface area contributed by atoms with E-state index in [-0.39, 0.29) is 17.1 Å². The zero-order valence-electron chi connectivity index (χ0n) is 11.5. The number of aromatic hydroxyl groups is 1. The first-order chi connectivity index (χ1) is 11.0. The fraction of sp³-hybridized carbons (Fsp3) is 0. The molecule has 0 fully saturated rings. The molecule has 0 aliphatic carbocycles. The molecule has 8 heteroatoms. The van der Waals surface area contributed by atoms with Crippen molar-refractivity contribution < 1.29 is 10.0 Å². The average Bonchev–Trinajstić information content (AvgIpc) is 2.78. The summed E-state index contributed by atoms with van der Waals surface area (Å²) in [7, 11) is 0. The van der Waals surface area contributed by atoms with Crippen molar-refractivity contribution in [1.82, 2.24) is 4.57 Å². The van der Waals surface area contributed by atoms with E-state index in [1.807, 2.05) is 0 Å². The molecular formula is C15H9Cl2N3O3. The standard InChI is InChI=1S/C15H9Cl2N3O3/c16-11-2-1-3-12(17)14(11)19-13-5-4-8(20(22)23)6-9(13)10(7-18)15(19)21/h1-7,18,21H. The molecule has 2 aromatic carbocycles. The molecule has 116 valence electrons. The molecule has 3 rings (SSSR count). The van der Waals surface area contributed by atoms with Crippen LogP contribution in [0.25, 0.3) is 16.6 Å². The minimum Gasteiger partial charge on any atom is -0.494 e. The maximum atomic E-state index is 11.0. The van der Waals surface area contributed by atoms with Crippen LogP contribution in [0.15, 0.2) is 36.4 Å². The number of non-ortho nitro benzene ring substituents is 1. The maximum Gasteiger partial charge on any atom is 0.270 e. The largest absolute Gasteiger partial charge is 0.494 e. The van der Waals surface area contributed by atoms with Crippen molar-refractivity contribution in [1.29, 1.82) is 5.41 Å². The fourth-order valence-electron chi connectivity index (χ4n) is 2.47. The second kappa shape index (κ2) is 5.57. The minimum atomic E-state index is -0.538. The van der Waals surface area contributed by atoms with Crippen LogP contribution in [0.4, 0.5) is 5.69 Å². The number of nitro groups is 1. The third-order valence-electron chi connectivity index (χ3n) is 3.48. The second-order valence-electron chi connectivity index (χ2n) is 4.75. The fourth-order valence-corrected chi connectivity index (χ4v) is 3.04. The van der Waals surface area contributed by atoms with Crippen molar-refractivity contribution in [3.63, 3.8) is 0 Å². The molecule has 1 heterocycles. The molecule has 0 saturated carbocycles. The summed E-state index contributed by atoms with van der Waals surface area (Å²) in [5, 5.41) is 29.9. The van der Waals surface area contributed by atoms with Crippen LogP contribution in [0.3, 0.4) is 0 Å². The Balaban J connectivity index is 2.45. The lowest BCUT2D eigenvalue weighted by molar-refractivity contribution is -0.384. The molecule has 23 heavy (non-hydrogen) atoms. The molecular weight excluding hydrogens is 341 g/mol. The van der Waals surface area contributed by atoms with Gasteiger partial charge in [-0.15, -0.1) is 0 Å². The van der Waals surface area contributed by atoms with Crippen LogP contribution in [0.2, 0.25) is 10.0 Å². The van der Waals surface area contributed by atoms with Gasteiger partial charge in [-0.2, -0.15) is 0 Å². The average molecular weight is 350 g/mol. The molecule has 0 amide bonds. The normalized spacial score (nSPS) is 10.9. The van der Waals surface area contributed by atoms with Gasteiger partial charge in [0.05, 0.1) is 31.7 Å². The molecule has 0 unspecified atom stereocenters. The number of nitrogens with zero attached hydrogens (tertiary/aromatic N) is 2. The van der Waals surface area contributed by atoms with E-state index in [9.17, 15) is 15.2 Å². The van der Waals surface area contributed by atoms with E-state index in [4.69, 9.17) is 28.6 Å². The van der Waals surface area contributed by atoms with E-state index >= 15 is 0 Å². The van der Waals surface area contributed by atoms with Crippen LogP contribution in [0.5, 0.6) is 5.88 Å². The van der Waals surface area contributed by atoms with Gasteiger partial charge in [0, 0.05) is 23.7 Å². The van der Waals surface area contributed by atoms with Crippen molar-refractivity contribution in [2.45, 2.75) is 0 Å². The summed E-state index contributed by atoms with van der Waals surface area (Å²) in [5.74, 6) is -0.259. The smallest absolute Gasteiger partial charge is 0.270 e. The summed E-state index contributed by atoms with van der Waals surface area (Å²) in [6.07, 6.45) is 0.933. The predicted molar refractivity (Wildman–Crippen MR) is 89.5 cm³/mol. The first kappa shape index (κ1) is 15.3. The number of nitro benzene ring substituents is 1. The molecule has 0 aliphatic rings. The molecule has 2 N–H and O–H groups in total. The molecule has 3 aromatic rings. The molecule has 0 spiro atoms. The first-order valence-electron chi connectivity index (χ1n) is 6.42. The quantitative estimate of drug-likeness (QED) is 0.412. The third kappa shape index (κ3) is 2.32. The Morgan fingerprint density at radius 2 is 1.87 bits per heavy atom. The van der Waals surface area contributed by atoms with E-state index in [0.29, 0.717) is 26.6 Å². The molecule has 0 saturated heterocycles. The van der Waals surface area contributed by atoms with Gasteiger partial charge >= 0.3 is 0 Å². The first-order valence-corrected chi connectivity index (χ1v) is 7.18.